The van der Waals surface area contributed by atoms with Crippen LogP contribution in [0.25, 0.3) is 0 Å². The number of likely N-dealkylation sites (N-methyl/N-ethyl adjacent to an activating group) is 1. The Morgan fingerprint density at radius 2 is 2.00 bits per heavy atom. The summed E-state index contributed by atoms with van der Waals surface area (Å²) in [4.78, 5) is 2.16. The fraction of sp³-hybridized carbons (Fsp3) is 0.333. The molecule has 0 aliphatic rings. The molecule has 0 spiro atoms. The molecule has 4 heteroatoms. The van der Waals surface area contributed by atoms with Crippen LogP contribution in [0.15, 0.2) is 41.1 Å². The van der Waals surface area contributed by atoms with Gasteiger partial charge in [-0.2, -0.15) is 11.3 Å². The zero-order chi connectivity index (χ0) is 13.5. The Morgan fingerprint density at radius 3 is 2.58 bits per heavy atom. The van der Waals surface area contributed by atoms with E-state index in [1.165, 1.54) is 5.56 Å². The number of hydrogen-bond acceptors (Lipinski definition) is 4. The van der Waals surface area contributed by atoms with Gasteiger partial charge in [0.15, 0.2) is 0 Å². The van der Waals surface area contributed by atoms with Crippen LogP contribution in [-0.4, -0.2) is 24.8 Å². The standard InChI is InChI=1S/C15H20N2OS/c1-2-17(8-9-18)15-5-3-14(4-6-15)16-11-13-7-10-19-12-13/h3-7,10,12,16,18H,2,8-9,11H2,1H3. The fourth-order valence-electron chi connectivity index (χ4n) is 1.98. The van der Waals surface area contributed by atoms with Crippen LogP contribution >= 0.6 is 11.3 Å². The first-order valence-electron chi connectivity index (χ1n) is 6.54. The van der Waals surface area contributed by atoms with Crippen LogP contribution in [0.4, 0.5) is 11.4 Å². The number of nitrogens with zero attached hydrogens (tertiary/aromatic N) is 1. The van der Waals surface area contributed by atoms with E-state index < -0.39 is 0 Å². The number of aliphatic hydroxyl groups is 1. The van der Waals surface area contributed by atoms with Gasteiger partial charge in [0, 0.05) is 31.0 Å². The maximum Gasteiger partial charge on any atom is 0.0606 e. The minimum atomic E-state index is 0.187. The van der Waals surface area contributed by atoms with E-state index in [0.29, 0.717) is 6.54 Å². The number of benzene rings is 1. The first-order chi connectivity index (χ1) is 9.33. The Bertz CT molecular complexity index is 467. The monoisotopic (exact) mass is 276 g/mol. The molecule has 0 saturated heterocycles. The fourth-order valence-corrected chi connectivity index (χ4v) is 2.65. The summed E-state index contributed by atoms with van der Waals surface area (Å²) in [5, 5.41) is 16.7. The van der Waals surface area contributed by atoms with Gasteiger partial charge in [0.2, 0.25) is 0 Å². The Kier molecular flexibility index (Phi) is 5.24. The number of nitrogens with one attached hydrogen (secondary N) is 1. The summed E-state index contributed by atoms with van der Waals surface area (Å²) in [7, 11) is 0. The Labute approximate surface area is 118 Å². The van der Waals surface area contributed by atoms with Gasteiger partial charge in [0.1, 0.15) is 0 Å². The lowest BCUT2D eigenvalue weighted by atomic mass is 10.2. The molecule has 0 bridgehead atoms. The van der Waals surface area contributed by atoms with Gasteiger partial charge in [-0.1, -0.05) is 0 Å². The molecule has 102 valence electrons. The maximum absolute atomic E-state index is 9.02. The summed E-state index contributed by atoms with van der Waals surface area (Å²) < 4.78 is 0. The van der Waals surface area contributed by atoms with Crippen LogP contribution in [0.3, 0.4) is 0 Å². The highest BCUT2D eigenvalue weighted by molar-refractivity contribution is 7.07. The van der Waals surface area contributed by atoms with Crippen molar-refractivity contribution >= 4 is 22.7 Å². The Hall–Kier alpha value is -1.52. The van der Waals surface area contributed by atoms with Gasteiger partial charge in [-0.15, -0.1) is 0 Å². The normalized spacial score (nSPS) is 10.4. The summed E-state index contributed by atoms with van der Waals surface area (Å²) in [6, 6.07) is 10.5. The smallest absolute Gasteiger partial charge is 0.0606 e. The highest BCUT2D eigenvalue weighted by Crippen LogP contribution is 2.18. The molecule has 2 rings (SSSR count). The van der Waals surface area contributed by atoms with E-state index in [1.54, 1.807) is 11.3 Å². The van der Waals surface area contributed by atoms with Crippen molar-refractivity contribution in [3.63, 3.8) is 0 Å². The largest absolute Gasteiger partial charge is 0.395 e. The van der Waals surface area contributed by atoms with E-state index in [-0.39, 0.29) is 6.61 Å². The topological polar surface area (TPSA) is 35.5 Å². The van der Waals surface area contributed by atoms with Crippen molar-refractivity contribution in [2.24, 2.45) is 0 Å². The first kappa shape index (κ1) is 13.9. The minimum Gasteiger partial charge on any atom is -0.395 e. The quantitative estimate of drug-likeness (QED) is 0.815. The van der Waals surface area contributed by atoms with Crippen molar-refractivity contribution in [3.05, 3.63) is 46.7 Å². The van der Waals surface area contributed by atoms with Gasteiger partial charge in [0.25, 0.3) is 0 Å². The van der Waals surface area contributed by atoms with E-state index in [0.717, 1.165) is 24.5 Å². The molecule has 1 heterocycles. The Balaban J connectivity index is 1.93. The van der Waals surface area contributed by atoms with Crippen molar-refractivity contribution in [2.75, 3.05) is 29.9 Å². The predicted octanol–water partition coefficient (Wildman–Crippen LogP) is 3.18. The second kappa shape index (κ2) is 7.16. The van der Waals surface area contributed by atoms with Crippen LogP contribution < -0.4 is 10.2 Å². The lowest BCUT2D eigenvalue weighted by Gasteiger charge is -2.22. The van der Waals surface area contributed by atoms with Crippen LogP contribution in [0, 0.1) is 0 Å². The third kappa shape index (κ3) is 3.98. The molecule has 1 aromatic heterocycles. The number of anilines is 2. The van der Waals surface area contributed by atoms with Crippen LogP contribution in [0.1, 0.15) is 12.5 Å². The number of aliphatic hydroxyl groups excluding tert-OH is 1. The molecule has 0 aliphatic heterocycles. The summed E-state index contributed by atoms with van der Waals surface area (Å²) in [6.45, 7) is 4.72. The second-order valence-electron chi connectivity index (χ2n) is 4.34. The van der Waals surface area contributed by atoms with E-state index in [2.05, 4.69) is 58.2 Å². The molecule has 0 fully saturated rings. The van der Waals surface area contributed by atoms with Crippen molar-refractivity contribution in [2.45, 2.75) is 13.5 Å². The molecule has 0 unspecified atom stereocenters. The Morgan fingerprint density at radius 1 is 1.21 bits per heavy atom. The zero-order valence-corrected chi connectivity index (χ0v) is 12.0. The molecule has 1 aromatic carbocycles. The minimum absolute atomic E-state index is 0.187. The van der Waals surface area contributed by atoms with Gasteiger partial charge in [0.05, 0.1) is 6.61 Å². The summed E-state index contributed by atoms with van der Waals surface area (Å²) in [5.74, 6) is 0. The molecule has 19 heavy (non-hydrogen) atoms. The number of rotatable bonds is 7. The van der Waals surface area contributed by atoms with E-state index in [4.69, 9.17) is 5.11 Å². The summed E-state index contributed by atoms with van der Waals surface area (Å²) >= 11 is 1.72. The number of hydrogen-bond donors (Lipinski definition) is 2. The molecule has 0 aliphatic carbocycles. The number of thiophene rings is 1. The molecule has 3 nitrogen and oxygen atoms in total. The van der Waals surface area contributed by atoms with Crippen molar-refractivity contribution in [1.29, 1.82) is 0 Å². The van der Waals surface area contributed by atoms with Gasteiger partial charge in [-0.3, -0.25) is 0 Å². The van der Waals surface area contributed by atoms with Crippen molar-refractivity contribution < 1.29 is 5.11 Å². The predicted molar refractivity (Wildman–Crippen MR) is 83.1 cm³/mol. The van der Waals surface area contributed by atoms with Crippen LogP contribution in [-0.2, 0) is 6.54 Å². The lowest BCUT2D eigenvalue weighted by Crippen LogP contribution is -2.25. The van der Waals surface area contributed by atoms with E-state index in [1.807, 2.05) is 0 Å². The molecular formula is C15H20N2OS. The molecule has 0 saturated carbocycles. The maximum atomic E-state index is 9.02. The highest BCUT2D eigenvalue weighted by Gasteiger charge is 2.03. The first-order valence-corrected chi connectivity index (χ1v) is 7.48. The highest BCUT2D eigenvalue weighted by atomic mass is 32.1. The van der Waals surface area contributed by atoms with Crippen LogP contribution in [0.5, 0.6) is 0 Å². The van der Waals surface area contributed by atoms with E-state index in [9.17, 15) is 0 Å². The molecule has 2 aromatic rings. The van der Waals surface area contributed by atoms with Gasteiger partial charge < -0.3 is 15.3 Å². The molecule has 0 amide bonds. The van der Waals surface area contributed by atoms with Crippen molar-refractivity contribution in [3.8, 4) is 0 Å². The summed E-state index contributed by atoms with van der Waals surface area (Å²) in [6.07, 6.45) is 0. The lowest BCUT2D eigenvalue weighted by molar-refractivity contribution is 0.302. The average molecular weight is 276 g/mol. The second-order valence-corrected chi connectivity index (χ2v) is 5.12. The third-order valence-corrected chi connectivity index (χ3v) is 3.79. The van der Waals surface area contributed by atoms with Crippen molar-refractivity contribution in [1.82, 2.24) is 0 Å². The van der Waals surface area contributed by atoms with E-state index >= 15 is 0 Å². The zero-order valence-electron chi connectivity index (χ0n) is 11.2. The van der Waals surface area contributed by atoms with Crippen LogP contribution in [0.2, 0.25) is 0 Å². The van der Waals surface area contributed by atoms with Gasteiger partial charge >= 0.3 is 0 Å². The average Bonchev–Trinajstić information content (AvgIpc) is 2.96. The SMILES string of the molecule is CCN(CCO)c1ccc(NCc2ccsc2)cc1. The summed E-state index contributed by atoms with van der Waals surface area (Å²) in [5.41, 5.74) is 3.58. The third-order valence-electron chi connectivity index (χ3n) is 3.06. The molecule has 0 atom stereocenters. The molecule has 2 N–H and O–H groups in total. The van der Waals surface area contributed by atoms with Gasteiger partial charge in [-0.25, -0.2) is 0 Å². The molecule has 0 radical (unpaired) electrons. The van der Waals surface area contributed by atoms with Gasteiger partial charge in [-0.05, 0) is 53.6 Å². The molecular weight excluding hydrogens is 256 g/mol.